The number of nitrogens with zero attached hydrogens (tertiary/aromatic N) is 3. The number of aromatic nitrogens is 3. The number of carbonyl (C=O) groups is 1. The summed E-state index contributed by atoms with van der Waals surface area (Å²) in [4.78, 5) is 16.4. The van der Waals surface area contributed by atoms with Crippen molar-refractivity contribution in [1.82, 2.24) is 14.6 Å². The van der Waals surface area contributed by atoms with Crippen LogP contribution in [0.4, 0.5) is 5.82 Å². The van der Waals surface area contributed by atoms with Gasteiger partial charge < -0.3 is 15.8 Å². The van der Waals surface area contributed by atoms with Gasteiger partial charge in [-0.2, -0.15) is 5.10 Å². The van der Waals surface area contributed by atoms with E-state index in [9.17, 15) is 4.79 Å². The summed E-state index contributed by atoms with van der Waals surface area (Å²) in [7, 11) is 0. The fraction of sp³-hybridized carbons (Fsp3) is 0.409. The van der Waals surface area contributed by atoms with E-state index in [2.05, 4.69) is 21.5 Å². The van der Waals surface area contributed by atoms with Crippen molar-refractivity contribution >= 4 is 17.2 Å². The molecule has 150 valence electrons. The molecule has 7 nitrogen and oxygen atoms in total. The van der Waals surface area contributed by atoms with E-state index in [0.29, 0.717) is 5.82 Å². The molecule has 0 bridgehead atoms. The monoisotopic (exact) mass is 391 g/mol. The fourth-order valence-electron chi connectivity index (χ4n) is 3.92. The Kier molecular flexibility index (Phi) is 4.47. The standard InChI is InChI=1S/C22H25N5O2/c1-13-8-19(20(12-24-13)29-18-5-4-16(23)10-18)15-6-7-27-17(9-15)11-21(26-27)25-22(28)14-2-3-14/h6-9,11-12,14,16,18H,2-5,10,23H2,1H3,(H,25,26,28)/t16-,18-/m1/s1. The van der Waals surface area contributed by atoms with Gasteiger partial charge in [-0.05, 0) is 62.8 Å². The molecule has 0 radical (unpaired) electrons. The maximum Gasteiger partial charge on any atom is 0.228 e. The number of nitrogens with two attached hydrogens (primary N) is 1. The molecule has 1 amide bonds. The Labute approximate surface area is 169 Å². The van der Waals surface area contributed by atoms with Crippen molar-refractivity contribution in [3.63, 3.8) is 0 Å². The van der Waals surface area contributed by atoms with Crippen molar-refractivity contribution in [2.24, 2.45) is 11.7 Å². The number of pyridine rings is 2. The highest BCUT2D eigenvalue weighted by atomic mass is 16.5. The van der Waals surface area contributed by atoms with E-state index >= 15 is 0 Å². The predicted molar refractivity (Wildman–Crippen MR) is 111 cm³/mol. The van der Waals surface area contributed by atoms with E-state index in [4.69, 9.17) is 10.5 Å². The maximum absolute atomic E-state index is 12.0. The van der Waals surface area contributed by atoms with Gasteiger partial charge in [0, 0.05) is 35.5 Å². The Balaban J connectivity index is 1.44. The number of aryl methyl sites for hydroxylation is 1. The van der Waals surface area contributed by atoms with E-state index in [0.717, 1.165) is 60.2 Å². The zero-order valence-electron chi connectivity index (χ0n) is 16.5. The summed E-state index contributed by atoms with van der Waals surface area (Å²) in [6, 6.07) is 8.22. The van der Waals surface area contributed by atoms with Crippen molar-refractivity contribution in [2.45, 2.75) is 51.2 Å². The van der Waals surface area contributed by atoms with Crippen LogP contribution in [-0.2, 0) is 4.79 Å². The van der Waals surface area contributed by atoms with Crippen LogP contribution < -0.4 is 15.8 Å². The van der Waals surface area contributed by atoms with E-state index in [-0.39, 0.29) is 24.0 Å². The summed E-state index contributed by atoms with van der Waals surface area (Å²) in [5.74, 6) is 1.57. The Morgan fingerprint density at radius 1 is 1.24 bits per heavy atom. The van der Waals surface area contributed by atoms with Gasteiger partial charge in [0.25, 0.3) is 0 Å². The van der Waals surface area contributed by atoms with Crippen LogP contribution in [0.15, 0.2) is 36.7 Å². The van der Waals surface area contributed by atoms with Crippen LogP contribution in [0.2, 0.25) is 0 Å². The molecule has 0 aromatic carbocycles. The predicted octanol–water partition coefficient (Wildman–Crippen LogP) is 3.31. The van der Waals surface area contributed by atoms with Crippen LogP contribution in [0.3, 0.4) is 0 Å². The second-order valence-electron chi connectivity index (χ2n) is 8.21. The van der Waals surface area contributed by atoms with Crippen molar-refractivity contribution in [3.05, 3.63) is 42.4 Å². The van der Waals surface area contributed by atoms with Crippen LogP contribution in [0, 0.1) is 12.8 Å². The molecule has 5 rings (SSSR count). The number of amides is 1. The minimum Gasteiger partial charge on any atom is -0.488 e. The Hall–Kier alpha value is -2.93. The molecule has 2 aliphatic rings. The average molecular weight is 391 g/mol. The van der Waals surface area contributed by atoms with Crippen LogP contribution in [0.1, 0.15) is 37.8 Å². The number of anilines is 1. The summed E-state index contributed by atoms with van der Waals surface area (Å²) < 4.78 is 8.04. The summed E-state index contributed by atoms with van der Waals surface area (Å²) in [6.45, 7) is 1.97. The number of hydrogen-bond donors (Lipinski definition) is 2. The molecule has 2 aliphatic carbocycles. The third kappa shape index (κ3) is 3.82. The van der Waals surface area contributed by atoms with Crippen LogP contribution in [-0.4, -0.2) is 32.7 Å². The summed E-state index contributed by atoms with van der Waals surface area (Å²) in [5.41, 5.74) is 9.92. The molecular formula is C22H25N5O2. The first-order valence-electron chi connectivity index (χ1n) is 10.2. The second-order valence-corrected chi connectivity index (χ2v) is 8.21. The molecule has 2 atom stereocenters. The van der Waals surface area contributed by atoms with Crippen molar-refractivity contribution in [2.75, 3.05) is 5.32 Å². The quantitative estimate of drug-likeness (QED) is 0.696. The average Bonchev–Trinajstić information content (AvgIpc) is 3.36. The smallest absolute Gasteiger partial charge is 0.228 e. The number of fused-ring (bicyclic) bond motifs is 1. The van der Waals surface area contributed by atoms with Crippen molar-refractivity contribution in [3.8, 4) is 16.9 Å². The van der Waals surface area contributed by atoms with Gasteiger partial charge in [0.15, 0.2) is 5.82 Å². The SMILES string of the molecule is Cc1cc(-c2ccn3nc(NC(=O)C4CC4)cc3c2)c(O[C@@H]2CC[C@@H](N)C2)cn1. The lowest BCUT2D eigenvalue weighted by molar-refractivity contribution is -0.117. The zero-order valence-corrected chi connectivity index (χ0v) is 16.5. The number of hydrogen-bond acceptors (Lipinski definition) is 5. The molecule has 7 heteroatoms. The van der Waals surface area contributed by atoms with Gasteiger partial charge >= 0.3 is 0 Å². The number of carbonyl (C=O) groups excluding carboxylic acids is 1. The molecule has 2 saturated carbocycles. The minimum atomic E-state index is 0.0591. The molecule has 3 heterocycles. The van der Waals surface area contributed by atoms with E-state index in [1.54, 1.807) is 10.7 Å². The van der Waals surface area contributed by atoms with E-state index in [1.807, 2.05) is 31.3 Å². The van der Waals surface area contributed by atoms with Gasteiger partial charge in [-0.25, -0.2) is 4.52 Å². The molecular weight excluding hydrogens is 366 g/mol. The molecule has 0 aliphatic heterocycles. The third-order valence-electron chi connectivity index (χ3n) is 5.70. The van der Waals surface area contributed by atoms with Gasteiger partial charge in [-0.15, -0.1) is 0 Å². The van der Waals surface area contributed by atoms with Crippen molar-refractivity contribution in [1.29, 1.82) is 0 Å². The second kappa shape index (κ2) is 7.15. The van der Waals surface area contributed by atoms with Crippen molar-refractivity contribution < 1.29 is 9.53 Å². The lowest BCUT2D eigenvalue weighted by Gasteiger charge is -2.17. The molecule has 0 spiro atoms. The van der Waals surface area contributed by atoms with Gasteiger partial charge in [0.05, 0.1) is 11.7 Å². The normalized spacial score (nSPS) is 21.4. The van der Waals surface area contributed by atoms with E-state index in [1.165, 1.54) is 0 Å². The Bertz CT molecular complexity index is 1070. The fourth-order valence-corrected chi connectivity index (χ4v) is 3.92. The molecule has 2 fully saturated rings. The summed E-state index contributed by atoms with van der Waals surface area (Å²) in [6.07, 6.45) is 8.63. The molecule has 3 N–H and O–H groups in total. The van der Waals surface area contributed by atoms with Gasteiger partial charge in [0.2, 0.25) is 5.91 Å². The van der Waals surface area contributed by atoms with Gasteiger partial charge in [0.1, 0.15) is 11.9 Å². The van der Waals surface area contributed by atoms with Crippen LogP contribution in [0.25, 0.3) is 16.6 Å². The topological polar surface area (TPSA) is 94.5 Å². The lowest BCUT2D eigenvalue weighted by atomic mass is 10.1. The molecule has 29 heavy (non-hydrogen) atoms. The third-order valence-corrected chi connectivity index (χ3v) is 5.70. The molecule has 0 unspecified atom stereocenters. The first-order chi connectivity index (χ1) is 14.0. The lowest BCUT2D eigenvalue weighted by Crippen LogP contribution is -2.19. The first-order valence-corrected chi connectivity index (χ1v) is 10.2. The Morgan fingerprint density at radius 2 is 2.10 bits per heavy atom. The maximum atomic E-state index is 12.0. The highest BCUT2D eigenvalue weighted by Crippen LogP contribution is 2.34. The molecule has 0 saturated heterocycles. The Morgan fingerprint density at radius 3 is 2.86 bits per heavy atom. The molecule has 3 aromatic heterocycles. The minimum absolute atomic E-state index is 0.0591. The molecule has 3 aromatic rings. The number of nitrogens with one attached hydrogen (secondary N) is 1. The summed E-state index contributed by atoms with van der Waals surface area (Å²) in [5, 5.41) is 7.36. The largest absolute Gasteiger partial charge is 0.488 e. The van der Waals surface area contributed by atoms with Gasteiger partial charge in [-0.1, -0.05) is 0 Å². The zero-order chi connectivity index (χ0) is 20.0. The highest BCUT2D eigenvalue weighted by Gasteiger charge is 2.30. The van der Waals surface area contributed by atoms with E-state index < -0.39 is 0 Å². The van der Waals surface area contributed by atoms with Gasteiger partial charge in [-0.3, -0.25) is 9.78 Å². The summed E-state index contributed by atoms with van der Waals surface area (Å²) >= 11 is 0. The number of rotatable bonds is 5. The first kappa shape index (κ1) is 18.1. The highest BCUT2D eigenvalue weighted by molar-refractivity contribution is 5.93. The van der Waals surface area contributed by atoms with Crippen LogP contribution >= 0.6 is 0 Å². The van der Waals surface area contributed by atoms with Crippen LogP contribution in [0.5, 0.6) is 5.75 Å². The number of ether oxygens (including phenoxy) is 1.